The molecule has 0 aromatic rings. The first-order chi connectivity index (χ1) is 8.41. The fraction of sp³-hybridized carbons (Fsp3) is 1.00. The smallest absolute Gasteiger partial charge is 0.894 e. The van der Waals surface area contributed by atoms with Crippen molar-refractivity contribution in [1.29, 1.82) is 0 Å². The maximum absolute atomic E-state index is 8.58. The summed E-state index contributed by atoms with van der Waals surface area (Å²) in [6.07, 6.45) is 0. The van der Waals surface area contributed by atoms with Gasteiger partial charge in [0.25, 0.3) is 0 Å². The molecule has 0 aliphatic rings. The first-order valence-electron chi connectivity index (χ1n) is 5.75. The van der Waals surface area contributed by atoms with E-state index in [4.69, 9.17) is 30.7 Å². The van der Waals surface area contributed by atoms with Crippen molar-refractivity contribution in [1.82, 2.24) is 16.0 Å². The van der Waals surface area contributed by atoms with Crippen molar-refractivity contribution in [2.75, 3.05) is 52.4 Å². The van der Waals surface area contributed by atoms with Crippen LogP contribution in [0.1, 0.15) is 0 Å². The molecule has 119 valence electrons. The minimum absolute atomic E-state index is 0. The minimum atomic E-state index is -5.61. The Hall–Kier alpha value is 0.376. The second-order valence-electron chi connectivity index (χ2n) is 3.33. The first kappa shape index (κ1) is 24.4. The quantitative estimate of drug-likeness (QED) is 0.190. The van der Waals surface area contributed by atoms with Crippen LogP contribution >= 0.6 is 0 Å². The van der Waals surface area contributed by atoms with Crippen LogP contribution < -0.4 is 46.6 Å². The Morgan fingerprint density at radius 3 is 1.05 bits per heavy atom. The zero-order valence-corrected chi connectivity index (χ0v) is 12.7. The van der Waals surface area contributed by atoms with E-state index in [0.29, 0.717) is 13.1 Å². The molecule has 0 fully saturated rings. The molecule has 0 unspecified atom stereocenters. The molecule has 0 aliphatic carbocycles. The van der Waals surface area contributed by atoms with Gasteiger partial charge in [-0.25, -0.2) is 0 Å². The van der Waals surface area contributed by atoms with E-state index in [1.807, 2.05) is 0 Å². The monoisotopic (exact) mass is 344 g/mol. The van der Waals surface area contributed by atoms with Crippen LogP contribution in [-0.4, -0.2) is 61.4 Å². The van der Waals surface area contributed by atoms with Crippen LogP contribution in [0, 0.1) is 0 Å². The molecule has 7 N–H and O–H groups in total. The number of hydrogen-bond acceptors (Lipinski definition) is 9. The van der Waals surface area contributed by atoms with E-state index >= 15 is 0 Å². The third-order valence-electron chi connectivity index (χ3n) is 1.60. The van der Waals surface area contributed by atoms with Crippen LogP contribution in [0.4, 0.5) is 0 Å². The van der Waals surface area contributed by atoms with Crippen LogP contribution in [0.25, 0.3) is 0 Å². The Kier molecular flexibility index (Phi) is 23.6. The number of rotatable bonds is 10. The average molecular weight is 345 g/mol. The van der Waals surface area contributed by atoms with Crippen molar-refractivity contribution in [2.45, 2.75) is 0 Å². The molecular formula is C8H23CuN5O4Si. The Morgan fingerprint density at radius 1 is 0.632 bits per heavy atom. The van der Waals surface area contributed by atoms with Crippen molar-refractivity contribution in [3.63, 3.8) is 0 Å². The maximum atomic E-state index is 8.58. The molecule has 0 atom stereocenters. The molecule has 9 nitrogen and oxygen atoms in total. The first-order valence-corrected chi connectivity index (χ1v) is 7.39. The fourth-order valence-corrected chi connectivity index (χ4v) is 0.933. The van der Waals surface area contributed by atoms with Crippen molar-refractivity contribution in [3.05, 3.63) is 0 Å². The topological polar surface area (TPSA) is 180 Å². The van der Waals surface area contributed by atoms with E-state index in [1.165, 1.54) is 0 Å². The zero-order valence-electron chi connectivity index (χ0n) is 10.7. The van der Waals surface area contributed by atoms with Crippen LogP contribution in [0.2, 0.25) is 0 Å². The summed E-state index contributed by atoms with van der Waals surface area (Å²) in [4.78, 5) is 34.3. The largest absolute Gasteiger partial charge is 4.00 e. The predicted molar refractivity (Wildman–Crippen MR) is 62.5 cm³/mol. The second kappa shape index (κ2) is 18.4. The van der Waals surface area contributed by atoms with Crippen molar-refractivity contribution >= 4 is 9.05 Å². The molecule has 0 bridgehead atoms. The summed E-state index contributed by atoms with van der Waals surface area (Å²) in [6, 6.07) is 0. The Morgan fingerprint density at radius 2 is 0.842 bits per heavy atom. The molecule has 0 rings (SSSR count). The van der Waals surface area contributed by atoms with Gasteiger partial charge in [0.15, 0.2) is 0 Å². The number of nitrogens with two attached hydrogens (primary N) is 2. The van der Waals surface area contributed by atoms with Gasteiger partial charge < -0.3 is 55.6 Å². The Labute approximate surface area is 125 Å². The molecule has 0 aliphatic heterocycles. The van der Waals surface area contributed by atoms with Crippen molar-refractivity contribution < 1.29 is 36.3 Å². The maximum Gasteiger partial charge on any atom is 4.00 e. The standard InChI is InChI=1S/C8H23N5.Cu.O4Si/c9-1-3-11-5-7-13-8-6-12-4-2-10;;1-5(2,3)4/h11-13H,1-10H2;;/q;+4;-4. The molecule has 1 radical (unpaired) electrons. The Bertz CT molecular complexity index is 151. The van der Waals surface area contributed by atoms with Gasteiger partial charge in [-0.1, -0.05) is 0 Å². The van der Waals surface area contributed by atoms with Crippen LogP contribution in [-0.2, 0) is 17.1 Å². The van der Waals surface area contributed by atoms with Gasteiger partial charge in [-0.2, -0.15) is 0 Å². The summed E-state index contributed by atoms with van der Waals surface area (Å²) >= 11 is 0. The van der Waals surface area contributed by atoms with E-state index in [0.717, 1.165) is 39.3 Å². The summed E-state index contributed by atoms with van der Waals surface area (Å²) in [5.74, 6) is 0. The van der Waals surface area contributed by atoms with Gasteiger partial charge in [0, 0.05) is 52.4 Å². The van der Waals surface area contributed by atoms with Gasteiger partial charge in [0.1, 0.15) is 0 Å². The average Bonchev–Trinajstić information content (AvgIpc) is 2.25. The van der Waals surface area contributed by atoms with Gasteiger partial charge in [0.05, 0.1) is 0 Å². The molecule has 19 heavy (non-hydrogen) atoms. The van der Waals surface area contributed by atoms with E-state index in [-0.39, 0.29) is 17.1 Å². The molecule has 0 saturated heterocycles. The van der Waals surface area contributed by atoms with Crippen LogP contribution in [0.3, 0.4) is 0 Å². The van der Waals surface area contributed by atoms with Crippen LogP contribution in [0.5, 0.6) is 0 Å². The normalized spacial score (nSPS) is 10.4. The van der Waals surface area contributed by atoms with Gasteiger partial charge in [-0.15, -0.1) is 0 Å². The fourth-order valence-electron chi connectivity index (χ4n) is 0.933. The van der Waals surface area contributed by atoms with E-state index in [2.05, 4.69) is 16.0 Å². The third kappa shape index (κ3) is 45.8. The van der Waals surface area contributed by atoms with Crippen molar-refractivity contribution in [3.8, 4) is 0 Å². The summed E-state index contributed by atoms with van der Waals surface area (Å²) in [5, 5.41) is 9.71. The van der Waals surface area contributed by atoms with Gasteiger partial charge in [-0.05, 0) is 0 Å². The SMILES string of the molecule is NCCNCCNCCNCCN.[Cu+4].[O-][Si]([O-])([O-])[O-]. The molecule has 0 saturated carbocycles. The van der Waals surface area contributed by atoms with E-state index < -0.39 is 9.05 Å². The third-order valence-corrected chi connectivity index (χ3v) is 1.60. The van der Waals surface area contributed by atoms with Crippen LogP contribution in [0.15, 0.2) is 0 Å². The molecule has 0 spiro atoms. The molecule has 0 heterocycles. The number of hydrogen-bond donors (Lipinski definition) is 5. The zero-order chi connectivity index (χ0) is 14.3. The molecular weight excluding hydrogens is 322 g/mol. The summed E-state index contributed by atoms with van der Waals surface area (Å²) in [6.45, 7) is 7.15. The summed E-state index contributed by atoms with van der Waals surface area (Å²) < 4.78 is 0. The van der Waals surface area contributed by atoms with Gasteiger partial charge in [-0.3, -0.25) is 0 Å². The van der Waals surface area contributed by atoms with Gasteiger partial charge in [0.2, 0.25) is 0 Å². The minimum Gasteiger partial charge on any atom is -0.894 e. The molecule has 11 heteroatoms. The predicted octanol–water partition coefficient (Wildman–Crippen LogP) is -7.47. The summed E-state index contributed by atoms with van der Waals surface area (Å²) in [7, 11) is -5.61. The molecule has 0 aromatic carbocycles. The number of nitrogens with one attached hydrogen (secondary N) is 3. The molecule has 0 aromatic heterocycles. The Balaban J connectivity index is -0.000000366. The molecule has 0 amide bonds. The van der Waals surface area contributed by atoms with Crippen molar-refractivity contribution in [2.24, 2.45) is 11.5 Å². The summed E-state index contributed by atoms with van der Waals surface area (Å²) in [5.41, 5.74) is 10.6. The van der Waals surface area contributed by atoms with Gasteiger partial charge >= 0.3 is 17.1 Å². The second-order valence-corrected chi connectivity index (χ2v) is 4.33. The van der Waals surface area contributed by atoms with E-state index in [9.17, 15) is 0 Å². The van der Waals surface area contributed by atoms with E-state index in [1.54, 1.807) is 0 Å².